The molecule has 34 heavy (non-hydrogen) atoms. The van der Waals surface area contributed by atoms with E-state index in [9.17, 15) is 9.59 Å². The van der Waals surface area contributed by atoms with Gasteiger partial charge in [-0.3, -0.25) is 4.79 Å². The minimum absolute atomic E-state index is 0.238. The molecular weight excluding hydrogens is 454 g/mol. The van der Waals surface area contributed by atoms with Crippen molar-refractivity contribution in [3.05, 3.63) is 83.4 Å². The van der Waals surface area contributed by atoms with Crippen LogP contribution in [0.25, 0.3) is 16.3 Å². The smallest absolute Gasteiger partial charge is 0.357 e. The van der Waals surface area contributed by atoms with Gasteiger partial charge in [0.2, 0.25) is 0 Å². The highest BCUT2D eigenvalue weighted by atomic mass is 32.1. The molecule has 4 rings (SSSR count). The molecule has 2 aromatic carbocycles. The molecule has 2 heterocycles. The second kappa shape index (κ2) is 10.7. The fourth-order valence-corrected chi connectivity index (χ4v) is 3.97. The topological polar surface area (TPSA) is 91.7 Å². The quantitative estimate of drug-likeness (QED) is 0.365. The van der Waals surface area contributed by atoms with E-state index in [1.807, 2.05) is 53.9 Å². The molecule has 0 aliphatic rings. The number of nitrogens with zero attached hydrogens (tertiary/aromatic N) is 2. The van der Waals surface area contributed by atoms with E-state index < -0.39 is 18.5 Å². The number of rotatable bonds is 9. The maximum atomic E-state index is 12.9. The van der Waals surface area contributed by atoms with E-state index in [4.69, 9.17) is 14.2 Å². The lowest BCUT2D eigenvalue weighted by molar-refractivity contribution is -0.124. The number of ether oxygens (including phenoxy) is 3. The Bertz CT molecular complexity index is 1270. The first-order chi connectivity index (χ1) is 16.6. The van der Waals surface area contributed by atoms with Crippen LogP contribution < -0.4 is 14.8 Å². The summed E-state index contributed by atoms with van der Waals surface area (Å²) in [5, 5.41) is 9.26. The van der Waals surface area contributed by atoms with Gasteiger partial charge in [-0.2, -0.15) is 5.10 Å². The average Bonchev–Trinajstić information content (AvgIpc) is 3.57. The molecule has 174 valence electrons. The van der Waals surface area contributed by atoms with Crippen molar-refractivity contribution in [2.24, 2.45) is 0 Å². The van der Waals surface area contributed by atoms with E-state index in [1.54, 1.807) is 32.4 Å². The van der Waals surface area contributed by atoms with E-state index in [2.05, 4.69) is 10.4 Å². The summed E-state index contributed by atoms with van der Waals surface area (Å²) in [5.74, 6) is 0.104. The number of thiophene rings is 1. The summed E-state index contributed by atoms with van der Waals surface area (Å²) in [4.78, 5) is 26.1. The molecule has 2 aromatic heterocycles. The van der Waals surface area contributed by atoms with Gasteiger partial charge in [-0.15, -0.1) is 11.3 Å². The fourth-order valence-electron chi connectivity index (χ4n) is 3.28. The van der Waals surface area contributed by atoms with E-state index >= 15 is 0 Å². The Kier molecular flexibility index (Phi) is 7.24. The van der Waals surface area contributed by atoms with Crippen LogP contribution in [-0.4, -0.2) is 42.5 Å². The molecule has 0 atom stereocenters. The van der Waals surface area contributed by atoms with Crippen LogP contribution in [0, 0.1) is 0 Å². The third-order valence-electron chi connectivity index (χ3n) is 4.96. The normalized spacial score (nSPS) is 10.5. The van der Waals surface area contributed by atoms with Crippen molar-refractivity contribution in [3.8, 4) is 27.8 Å². The number of hydrogen-bond donors (Lipinski definition) is 1. The SMILES string of the molecule is COc1ccc(CNC(=O)COC(=O)c2cc(-c3cccs3)nn2-c2ccccc2)cc1OC. The van der Waals surface area contributed by atoms with Crippen molar-refractivity contribution in [3.63, 3.8) is 0 Å². The van der Waals surface area contributed by atoms with E-state index in [-0.39, 0.29) is 12.2 Å². The highest BCUT2D eigenvalue weighted by Gasteiger charge is 2.20. The number of benzene rings is 2. The lowest BCUT2D eigenvalue weighted by Gasteiger charge is -2.11. The second-order valence-electron chi connectivity index (χ2n) is 7.18. The zero-order valence-electron chi connectivity index (χ0n) is 18.7. The van der Waals surface area contributed by atoms with Crippen LogP contribution >= 0.6 is 11.3 Å². The lowest BCUT2D eigenvalue weighted by atomic mass is 10.2. The summed E-state index contributed by atoms with van der Waals surface area (Å²) < 4.78 is 17.3. The van der Waals surface area contributed by atoms with Crippen LogP contribution in [0.1, 0.15) is 16.1 Å². The summed E-state index contributed by atoms with van der Waals surface area (Å²) in [6, 6.07) is 20.2. The first-order valence-corrected chi connectivity index (χ1v) is 11.3. The Morgan fingerprint density at radius 1 is 0.971 bits per heavy atom. The van der Waals surface area contributed by atoms with Gasteiger partial charge in [0.25, 0.3) is 5.91 Å². The first kappa shape index (κ1) is 23.1. The summed E-state index contributed by atoms with van der Waals surface area (Å²) in [6.07, 6.45) is 0. The molecule has 0 radical (unpaired) electrons. The number of nitrogens with one attached hydrogen (secondary N) is 1. The van der Waals surface area contributed by atoms with Gasteiger partial charge in [0.15, 0.2) is 23.8 Å². The Balaban J connectivity index is 1.42. The number of carbonyl (C=O) groups is 2. The maximum Gasteiger partial charge on any atom is 0.357 e. The Hall–Kier alpha value is -4.11. The second-order valence-corrected chi connectivity index (χ2v) is 8.13. The summed E-state index contributed by atoms with van der Waals surface area (Å²) in [7, 11) is 3.10. The summed E-state index contributed by atoms with van der Waals surface area (Å²) in [5.41, 5.74) is 2.43. The van der Waals surface area contributed by atoms with Crippen LogP contribution in [0.15, 0.2) is 72.1 Å². The minimum Gasteiger partial charge on any atom is -0.493 e. The first-order valence-electron chi connectivity index (χ1n) is 10.4. The number of esters is 1. The number of methoxy groups -OCH3 is 2. The van der Waals surface area contributed by atoms with Crippen molar-refractivity contribution >= 4 is 23.2 Å². The predicted molar refractivity (Wildman–Crippen MR) is 129 cm³/mol. The van der Waals surface area contributed by atoms with Crippen LogP contribution in [-0.2, 0) is 16.1 Å². The molecule has 4 aromatic rings. The third-order valence-corrected chi connectivity index (χ3v) is 5.86. The molecule has 0 bridgehead atoms. The van der Waals surface area contributed by atoms with E-state index in [0.29, 0.717) is 17.2 Å². The molecule has 0 saturated carbocycles. The van der Waals surface area contributed by atoms with Crippen molar-refractivity contribution in [1.29, 1.82) is 0 Å². The zero-order chi connectivity index (χ0) is 23.9. The highest BCUT2D eigenvalue weighted by Crippen LogP contribution is 2.28. The van der Waals surface area contributed by atoms with Crippen molar-refractivity contribution in [1.82, 2.24) is 15.1 Å². The van der Waals surface area contributed by atoms with Gasteiger partial charge in [-0.05, 0) is 41.3 Å². The highest BCUT2D eigenvalue weighted by molar-refractivity contribution is 7.13. The van der Waals surface area contributed by atoms with E-state index in [1.165, 1.54) is 16.0 Å². The zero-order valence-corrected chi connectivity index (χ0v) is 19.5. The van der Waals surface area contributed by atoms with Crippen molar-refractivity contribution < 1.29 is 23.8 Å². The Morgan fingerprint density at radius 3 is 2.47 bits per heavy atom. The molecule has 0 fully saturated rings. The van der Waals surface area contributed by atoms with Crippen molar-refractivity contribution in [2.45, 2.75) is 6.54 Å². The fraction of sp³-hybridized carbons (Fsp3) is 0.160. The summed E-state index contributed by atoms with van der Waals surface area (Å²) >= 11 is 1.52. The molecule has 1 amide bonds. The largest absolute Gasteiger partial charge is 0.493 e. The average molecular weight is 478 g/mol. The molecule has 0 unspecified atom stereocenters. The number of carbonyl (C=O) groups excluding carboxylic acids is 2. The Labute approximate surface area is 200 Å². The van der Waals surface area contributed by atoms with Gasteiger partial charge in [-0.25, -0.2) is 9.48 Å². The monoisotopic (exact) mass is 477 g/mol. The molecule has 0 aliphatic carbocycles. The van der Waals surface area contributed by atoms with Gasteiger partial charge >= 0.3 is 5.97 Å². The standard InChI is InChI=1S/C25H23N3O5S/c1-31-21-11-10-17(13-22(21)32-2)15-26-24(29)16-33-25(30)20-14-19(23-9-6-12-34-23)27-28(20)18-7-4-3-5-8-18/h3-14H,15-16H2,1-2H3,(H,26,29). The van der Waals surface area contributed by atoms with Gasteiger partial charge in [0.05, 0.1) is 24.8 Å². The molecule has 1 N–H and O–H groups in total. The Morgan fingerprint density at radius 2 is 1.76 bits per heavy atom. The van der Waals surface area contributed by atoms with E-state index in [0.717, 1.165) is 16.1 Å². The number of amides is 1. The summed E-state index contributed by atoms with van der Waals surface area (Å²) in [6.45, 7) is -0.165. The number of hydrogen-bond acceptors (Lipinski definition) is 7. The van der Waals surface area contributed by atoms with Crippen molar-refractivity contribution in [2.75, 3.05) is 20.8 Å². The predicted octanol–water partition coefficient (Wildman–Crippen LogP) is 4.09. The lowest BCUT2D eigenvalue weighted by Crippen LogP contribution is -2.28. The van der Waals surface area contributed by atoms with Gasteiger partial charge < -0.3 is 19.5 Å². The molecule has 0 saturated heterocycles. The number of para-hydroxylation sites is 1. The molecule has 0 aliphatic heterocycles. The van der Waals surface area contributed by atoms with Gasteiger partial charge in [0, 0.05) is 12.6 Å². The molecule has 8 nitrogen and oxygen atoms in total. The van der Waals surface area contributed by atoms with Crippen LogP contribution in [0.2, 0.25) is 0 Å². The maximum absolute atomic E-state index is 12.9. The molecule has 9 heteroatoms. The van der Waals surface area contributed by atoms with Crippen LogP contribution in [0.4, 0.5) is 0 Å². The van der Waals surface area contributed by atoms with Gasteiger partial charge in [-0.1, -0.05) is 30.3 Å². The number of aromatic nitrogens is 2. The van der Waals surface area contributed by atoms with Crippen LogP contribution in [0.3, 0.4) is 0 Å². The van der Waals surface area contributed by atoms with Crippen LogP contribution in [0.5, 0.6) is 11.5 Å². The van der Waals surface area contributed by atoms with Gasteiger partial charge in [0.1, 0.15) is 5.69 Å². The molecular formula is C25H23N3O5S. The molecule has 0 spiro atoms. The third kappa shape index (κ3) is 5.26. The minimum atomic E-state index is -0.638.